The van der Waals surface area contributed by atoms with Crippen molar-refractivity contribution in [3.8, 4) is 0 Å². The lowest BCUT2D eigenvalue weighted by atomic mass is 10.5. The van der Waals surface area contributed by atoms with E-state index in [1.807, 2.05) is 4.93 Å². The summed E-state index contributed by atoms with van der Waals surface area (Å²) in [5.74, 6) is 0. The molecule has 0 aliphatic heterocycles. The molecule has 0 fully saturated rings. The Hall–Kier alpha value is 0.650. The van der Waals surface area contributed by atoms with Gasteiger partial charge in [-0.05, 0) is 18.0 Å². The summed E-state index contributed by atoms with van der Waals surface area (Å²) in [6.45, 7) is 8.49. The molecule has 0 radical (unpaired) electrons. The number of methoxy groups -OCH3 is 1. The van der Waals surface area contributed by atoms with E-state index in [4.69, 9.17) is 4.74 Å². The average molecular weight is 273 g/mol. The van der Waals surface area contributed by atoms with Crippen molar-refractivity contribution in [2.75, 3.05) is 38.3 Å². The van der Waals surface area contributed by atoms with Crippen molar-refractivity contribution in [1.29, 1.82) is 0 Å². The monoisotopic (exact) mass is 273 g/mol. The highest BCUT2D eigenvalue weighted by molar-refractivity contribution is 14.1. The summed E-state index contributed by atoms with van der Waals surface area (Å²) >= 11 is 2.15. The van der Waals surface area contributed by atoms with Gasteiger partial charge in [-0.1, -0.05) is 36.4 Å². The van der Waals surface area contributed by atoms with Crippen LogP contribution in [0.4, 0.5) is 0 Å². The molecular weight excluding hydrogens is 253 g/mol. The van der Waals surface area contributed by atoms with Gasteiger partial charge in [-0.15, -0.1) is 0 Å². The molecule has 0 atom stereocenters. The maximum atomic E-state index is 4.93. The van der Waals surface area contributed by atoms with Crippen LogP contribution in [0.2, 0.25) is 0 Å². The molecule has 0 spiro atoms. The number of alkyl halides is 1. The van der Waals surface area contributed by atoms with Crippen LogP contribution in [-0.2, 0) is 4.74 Å². The normalized spacial score (nSPS) is 9.27. The molecule has 11 heavy (non-hydrogen) atoms. The fourth-order valence-corrected chi connectivity index (χ4v) is 0.760. The van der Waals surface area contributed by atoms with Gasteiger partial charge in [-0.3, -0.25) is 0 Å². The first-order valence-electron chi connectivity index (χ1n) is 3.94. The third kappa shape index (κ3) is 10.7. The number of hydrogen-bond donors (Lipinski definition) is 0. The van der Waals surface area contributed by atoms with Crippen molar-refractivity contribution >= 4 is 22.6 Å². The zero-order chi connectivity index (χ0) is 9.11. The minimum absolute atomic E-state index is 0.849. The fraction of sp³-hybridized carbons (Fsp3) is 1.00. The topological polar surface area (TPSA) is 12.5 Å². The Morgan fingerprint density at radius 3 is 1.91 bits per heavy atom. The van der Waals surface area contributed by atoms with Gasteiger partial charge in [-0.25, -0.2) is 0 Å². The molecule has 0 saturated carbocycles. The van der Waals surface area contributed by atoms with Crippen molar-refractivity contribution in [2.45, 2.75) is 13.8 Å². The van der Waals surface area contributed by atoms with Crippen molar-refractivity contribution in [1.82, 2.24) is 4.90 Å². The molecule has 2 nitrogen and oxygen atoms in total. The molecule has 0 bridgehead atoms. The third-order valence-electron chi connectivity index (χ3n) is 1.51. The van der Waals surface area contributed by atoms with Gasteiger partial charge < -0.3 is 9.64 Å². The Balaban J connectivity index is 0. The minimum Gasteiger partial charge on any atom is -0.383 e. The highest BCUT2D eigenvalue weighted by Crippen LogP contribution is 1.84. The van der Waals surface area contributed by atoms with Gasteiger partial charge in [0.1, 0.15) is 0 Å². The van der Waals surface area contributed by atoms with Gasteiger partial charge in [0.15, 0.2) is 0 Å². The molecule has 0 N–H and O–H groups in total. The first kappa shape index (κ1) is 14.2. The maximum Gasteiger partial charge on any atom is 0.0589 e. The van der Waals surface area contributed by atoms with E-state index in [1.54, 1.807) is 7.11 Å². The van der Waals surface area contributed by atoms with Crippen LogP contribution in [0.3, 0.4) is 0 Å². The number of ether oxygens (including phenoxy) is 1. The molecule has 0 aliphatic carbocycles. The van der Waals surface area contributed by atoms with E-state index < -0.39 is 0 Å². The summed E-state index contributed by atoms with van der Waals surface area (Å²) in [4.78, 5) is 4.31. The number of likely N-dealkylation sites (N-methyl/N-ethyl adjacent to an activating group) is 1. The number of nitrogens with zero attached hydrogens (tertiary/aromatic N) is 1. The molecule has 0 aromatic carbocycles. The Labute approximate surface area is 84.4 Å². The maximum absolute atomic E-state index is 4.93. The average Bonchev–Trinajstić information content (AvgIpc) is 2.10. The van der Waals surface area contributed by atoms with Crippen LogP contribution in [0.15, 0.2) is 0 Å². The molecule has 0 heterocycles. The zero-order valence-electron chi connectivity index (χ0n) is 8.06. The third-order valence-corrected chi connectivity index (χ3v) is 1.51. The molecular formula is C8H20INO. The van der Waals surface area contributed by atoms with Crippen LogP contribution in [-0.4, -0.2) is 43.2 Å². The summed E-state index contributed by atoms with van der Waals surface area (Å²) in [5.41, 5.74) is 0. The van der Waals surface area contributed by atoms with E-state index in [0.29, 0.717) is 0 Å². The molecule has 3 heteroatoms. The van der Waals surface area contributed by atoms with E-state index in [9.17, 15) is 0 Å². The van der Waals surface area contributed by atoms with Gasteiger partial charge in [0.05, 0.1) is 6.61 Å². The highest BCUT2D eigenvalue weighted by atomic mass is 127. The van der Waals surface area contributed by atoms with Gasteiger partial charge in [0.25, 0.3) is 0 Å². The second-order valence-corrected chi connectivity index (χ2v) is 2.02. The largest absolute Gasteiger partial charge is 0.383 e. The quantitative estimate of drug-likeness (QED) is 0.561. The summed E-state index contributed by atoms with van der Waals surface area (Å²) in [7, 11) is 1.74. The smallest absolute Gasteiger partial charge is 0.0589 e. The Bertz CT molecular complexity index is 58.1. The standard InChI is InChI=1S/C7H17NO.CH3I/c1-4-8(5-2)6-7-9-3;1-2/h4-7H2,1-3H3;1H3. The van der Waals surface area contributed by atoms with Gasteiger partial charge in [0, 0.05) is 13.7 Å². The molecule has 70 valence electrons. The van der Waals surface area contributed by atoms with Crippen LogP contribution in [0.5, 0.6) is 0 Å². The van der Waals surface area contributed by atoms with Gasteiger partial charge in [-0.2, -0.15) is 0 Å². The molecule has 0 aliphatic rings. The first-order chi connectivity index (χ1) is 5.35. The molecule has 0 rings (SSSR count). The Morgan fingerprint density at radius 2 is 1.64 bits per heavy atom. The predicted molar refractivity (Wildman–Crippen MR) is 59.6 cm³/mol. The minimum atomic E-state index is 0.849. The first-order valence-corrected chi connectivity index (χ1v) is 6.10. The van der Waals surface area contributed by atoms with Crippen molar-refractivity contribution in [3.63, 3.8) is 0 Å². The van der Waals surface area contributed by atoms with Gasteiger partial charge >= 0.3 is 0 Å². The number of halogens is 1. The zero-order valence-corrected chi connectivity index (χ0v) is 10.2. The number of rotatable bonds is 5. The van der Waals surface area contributed by atoms with E-state index in [1.165, 1.54) is 0 Å². The van der Waals surface area contributed by atoms with Gasteiger partial charge in [0.2, 0.25) is 0 Å². The van der Waals surface area contributed by atoms with Crippen molar-refractivity contribution in [2.24, 2.45) is 0 Å². The summed E-state index contributed by atoms with van der Waals surface area (Å²) in [6.07, 6.45) is 0. The molecule has 0 saturated heterocycles. The second kappa shape index (κ2) is 13.3. The SMILES string of the molecule is CCN(CC)CCOC.CI. The van der Waals surface area contributed by atoms with Crippen LogP contribution in [0.25, 0.3) is 0 Å². The lowest BCUT2D eigenvalue weighted by Gasteiger charge is -2.16. The molecule has 0 aromatic rings. The summed E-state index contributed by atoms with van der Waals surface area (Å²) in [5, 5.41) is 0. The molecule has 0 unspecified atom stereocenters. The molecule has 0 amide bonds. The fourth-order valence-electron chi connectivity index (χ4n) is 0.760. The van der Waals surface area contributed by atoms with E-state index >= 15 is 0 Å². The predicted octanol–water partition coefficient (Wildman–Crippen LogP) is 2.03. The van der Waals surface area contributed by atoms with Crippen LogP contribution >= 0.6 is 22.6 Å². The Kier molecular flexibility index (Phi) is 17.1. The number of hydrogen-bond acceptors (Lipinski definition) is 2. The lowest BCUT2D eigenvalue weighted by molar-refractivity contribution is 0.154. The van der Waals surface area contributed by atoms with Crippen molar-refractivity contribution in [3.05, 3.63) is 0 Å². The highest BCUT2D eigenvalue weighted by Gasteiger charge is 1.95. The van der Waals surface area contributed by atoms with Crippen molar-refractivity contribution < 1.29 is 4.74 Å². The van der Waals surface area contributed by atoms with Crippen LogP contribution < -0.4 is 0 Å². The summed E-state index contributed by atoms with van der Waals surface area (Å²) in [6, 6.07) is 0. The van der Waals surface area contributed by atoms with E-state index in [-0.39, 0.29) is 0 Å². The Morgan fingerprint density at radius 1 is 1.18 bits per heavy atom. The second-order valence-electron chi connectivity index (χ2n) is 2.02. The van der Waals surface area contributed by atoms with Crippen LogP contribution in [0, 0.1) is 0 Å². The summed E-state index contributed by atoms with van der Waals surface area (Å²) < 4.78 is 4.93. The molecule has 0 aromatic heterocycles. The van der Waals surface area contributed by atoms with E-state index in [2.05, 4.69) is 41.3 Å². The van der Waals surface area contributed by atoms with Crippen LogP contribution in [0.1, 0.15) is 13.8 Å². The van der Waals surface area contributed by atoms with E-state index in [0.717, 1.165) is 26.2 Å². The lowest BCUT2D eigenvalue weighted by Crippen LogP contribution is -2.26.